The summed E-state index contributed by atoms with van der Waals surface area (Å²) in [5.41, 5.74) is 20.7. The molecule has 0 N–H and O–H groups in total. The summed E-state index contributed by atoms with van der Waals surface area (Å²) in [7, 11) is 0. The van der Waals surface area contributed by atoms with E-state index in [2.05, 4.69) is 282 Å². The van der Waals surface area contributed by atoms with Gasteiger partial charge in [-0.15, -0.1) is 0 Å². The largest absolute Gasteiger partial charge is 0.456 e. The molecule has 0 atom stereocenters. The normalized spacial score (nSPS) is 11.6. The van der Waals surface area contributed by atoms with Crippen LogP contribution in [0.15, 0.2) is 283 Å². The Bertz CT molecular complexity index is 4370. The van der Waals surface area contributed by atoms with Crippen LogP contribution in [0.1, 0.15) is 5.56 Å². The lowest BCUT2D eigenvalue weighted by molar-refractivity contribution is 0.669. The van der Waals surface area contributed by atoms with Crippen molar-refractivity contribution in [3.05, 3.63) is 285 Å². The third kappa shape index (κ3) is 7.53. The molecule has 0 aliphatic heterocycles. The van der Waals surface area contributed by atoms with Crippen LogP contribution in [0, 0.1) is 0 Å². The summed E-state index contributed by atoms with van der Waals surface area (Å²) in [6, 6.07) is 101. The molecule has 0 fully saturated rings. The van der Waals surface area contributed by atoms with Crippen molar-refractivity contribution in [3.8, 4) is 61.3 Å². The van der Waals surface area contributed by atoms with E-state index in [0.29, 0.717) is 6.54 Å². The fourth-order valence-electron chi connectivity index (χ4n) is 11.4. The molecule has 3 heteroatoms. The molecule has 3 nitrogen and oxygen atoms in total. The molecule has 2 aromatic heterocycles. The van der Waals surface area contributed by atoms with Gasteiger partial charge in [0.25, 0.3) is 0 Å². The van der Waals surface area contributed by atoms with E-state index in [0.717, 1.165) is 50.0 Å². The first kappa shape index (κ1) is 43.1. The van der Waals surface area contributed by atoms with Crippen LogP contribution in [0.4, 0.5) is 11.4 Å². The summed E-state index contributed by atoms with van der Waals surface area (Å²) in [6.45, 7) is 0.668. The van der Waals surface area contributed by atoms with Gasteiger partial charge in [0.05, 0.1) is 22.1 Å². The second kappa shape index (κ2) is 18.2. The van der Waals surface area contributed by atoms with E-state index in [9.17, 15) is 0 Å². The third-order valence-electron chi connectivity index (χ3n) is 14.9. The molecule has 0 aliphatic carbocycles. The van der Waals surface area contributed by atoms with Gasteiger partial charge in [0.15, 0.2) is 0 Å². The van der Waals surface area contributed by atoms with E-state index < -0.39 is 0 Å². The van der Waals surface area contributed by atoms with Gasteiger partial charge in [0, 0.05) is 34.1 Å². The van der Waals surface area contributed by atoms with Crippen LogP contribution in [-0.2, 0) is 6.54 Å². The standard InChI is InChI=1S/C71H48N2O/c1-2-16-48(17-3-1)50-38-42-57(43-39-50)72(58-44-40-51(41-45-58)49-34-36-53(37-35-49)61-27-13-20-52-18-4-7-24-60(52)61)47-56-19-5-6-23-59(56)54-21-12-22-55(46-54)62-28-14-30-66-70(62)63-25-8-10-29-65(63)73(66)67-31-15-33-69-71(67)64-26-9-11-32-68(64)74-69/h1-46H,47H2. The number of rotatable bonds is 10. The molecule has 0 aliphatic rings. The van der Waals surface area contributed by atoms with Crippen molar-refractivity contribution in [1.29, 1.82) is 0 Å². The first-order chi connectivity index (χ1) is 36.7. The average molecular weight is 945 g/mol. The lowest BCUT2D eigenvalue weighted by Gasteiger charge is -2.27. The van der Waals surface area contributed by atoms with E-state index in [4.69, 9.17) is 4.42 Å². The maximum Gasteiger partial charge on any atom is 0.137 e. The Morgan fingerprint density at radius 3 is 1.59 bits per heavy atom. The van der Waals surface area contributed by atoms with Crippen LogP contribution in [0.2, 0.25) is 0 Å². The second-order valence-corrected chi connectivity index (χ2v) is 19.2. The van der Waals surface area contributed by atoms with E-state index in [-0.39, 0.29) is 0 Å². The van der Waals surface area contributed by atoms with Crippen LogP contribution in [0.5, 0.6) is 0 Å². The maximum absolute atomic E-state index is 6.40. The zero-order valence-corrected chi connectivity index (χ0v) is 40.6. The number of hydrogen-bond donors (Lipinski definition) is 0. The van der Waals surface area contributed by atoms with Crippen molar-refractivity contribution in [3.63, 3.8) is 0 Å². The molecule has 0 saturated heterocycles. The highest BCUT2D eigenvalue weighted by Gasteiger charge is 2.21. The number of benzene rings is 12. The number of hydrogen-bond acceptors (Lipinski definition) is 2. The van der Waals surface area contributed by atoms with Gasteiger partial charge in [-0.25, -0.2) is 0 Å². The average Bonchev–Trinajstić information content (AvgIpc) is 4.06. The van der Waals surface area contributed by atoms with Crippen molar-refractivity contribution in [1.82, 2.24) is 4.57 Å². The number of aromatic nitrogens is 1. The van der Waals surface area contributed by atoms with E-state index in [1.165, 1.54) is 82.7 Å². The van der Waals surface area contributed by atoms with Crippen molar-refractivity contribution in [2.24, 2.45) is 0 Å². The van der Waals surface area contributed by atoms with Gasteiger partial charge < -0.3 is 13.9 Å². The molecule has 0 unspecified atom stereocenters. The molecule has 348 valence electrons. The summed E-state index contributed by atoms with van der Waals surface area (Å²) < 4.78 is 8.82. The summed E-state index contributed by atoms with van der Waals surface area (Å²) in [5.74, 6) is 0. The van der Waals surface area contributed by atoms with Crippen LogP contribution in [0.25, 0.3) is 116 Å². The van der Waals surface area contributed by atoms with Crippen LogP contribution in [0.3, 0.4) is 0 Å². The fraction of sp³-hybridized carbons (Fsp3) is 0.0141. The third-order valence-corrected chi connectivity index (χ3v) is 14.9. The lowest BCUT2D eigenvalue weighted by atomic mass is 9.93. The first-order valence-electron chi connectivity index (χ1n) is 25.4. The second-order valence-electron chi connectivity index (χ2n) is 19.2. The van der Waals surface area contributed by atoms with Gasteiger partial charge in [-0.1, -0.05) is 218 Å². The summed E-state index contributed by atoms with van der Waals surface area (Å²) in [6.07, 6.45) is 0. The number of fused-ring (bicyclic) bond motifs is 7. The SMILES string of the molecule is c1ccc(-c2ccc(N(Cc3ccccc3-c3cccc(-c4cccc5c4c4ccccc4n5-c4cccc5oc6ccccc6c45)c3)c3ccc(-c4ccc(-c5cccc6ccccc56)cc4)cc3)cc2)cc1. The van der Waals surface area contributed by atoms with E-state index in [1.54, 1.807) is 0 Å². The number of furan rings is 1. The molecule has 14 rings (SSSR count). The van der Waals surface area contributed by atoms with Crippen molar-refractivity contribution < 1.29 is 4.42 Å². The van der Waals surface area contributed by atoms with Crippen LogP contribution in [-0.4, -0.2) is 4.57 Å². The molecule has 2 heterocycles. The molecule has 74 heavy (non-hydrogen) atoms. The fourth-order valence-corrected chi connectivity index (χ4v) is 11.4. The number of anilines is 2. The van der Waals surface area contributed by atoms with Gasteiger partial charge in [0.2, 0.25) is 0 Å². The highest BCUT2D eigenvalue weighted by Crippen LogP contribution is 2.43. The topological polar surface area (TPSA) is 21.3 Å². The smallest absolute Gasteiger partial charge is 0.137 e. The Morgan fingerprint density at radius 2 is 0.811 bits per heavy atom. The molecule has 0 saturated carbocycles. The Labute approximate surface area is 430 Å². The zero-order valence-electron chi connectivity index (χ0n) is 40.6. The quantitative estimate of drug-likeness (QED) is 0.136. The molecule has 12 aromatic carbocycles. The van der Waals surface area contributed by atoms with Crippen molar-refractivity contribution >= 4 is 65.9 Å². The first-order valence-corrected chi connectivity index (χ1v) is 25.4. The summed E-state index contributed by atoms with van der Waals surface area (Å²) >= 11 is 0. The molecular weight excluding hydrogens is 897 g/mol. The Balaban J connectivity index is 0.833. The Morgan fingerprint density at radius 1 is 0.311 bits per heavy atom. The lowest BCUT2D eigenvalue weighted by Crippen LogP contribution is -2.17. The molecule has 0 amide bonds. The van der Waals surface area contributed by atoms with Gasteiger partial charge in [-0.05, 0) is 133 Å². The maximum atomic E-state index is 6.40. The Kier molecular flexibility index (Phi) is 10.6. The molecule has 14 aromatic rings. The zero-order chi connectivity index (χ0) is 49.0. The molecule has 0 spiro atoms. The van der Waals surface area contributed by atoms with E-state index in [1.807, 2.05) is 6.07 Å². The minimum Gasteiger partial charge on any atom is -0.456 e. The van der Waals surface area contributed by atoms with Crippen molar-refractivity contribution in [2.45, 2.75) is 6.54 Å². The predicted molar refractivity (Wildman–Crippen MR) is 311 cm³/mol. The highest BCUT2D eigenvalue weighted by molar-refractivity contribution is 6.18. The van der Waals surface area contributed by atoms with E-state index >= 15 is 0 Å². The van der Waals surface area contributed by atoms with Crippen LogP contribution < -0.4 is 4.90 Å². The van der Waals surface area contributed by atoms with Gasteiger partial charge in [0.1, 0.15) is 11.2 Å². The highest BCUT2D eigenvalue weighted by atomic mass is 16.3. The number of nitrogens with zero attached hydrogens (tertiary/aromatic N) is 2. The monoisotopic (exact) mass is 944 g/mol. The minimum absolute atomic E-state index is 0.668. The van der Waals surface area contributed by atoms with Gasteiger partial charge >= 0.3 is 0 Å². The van der Waals surface area contributed by atoms with Crippen LogP contribution >= 0.6 is 0 Å². The minimum atomic E-state index is 0.668. The molecule has 0 bridgehead atoms. The number of para-hydroxylation sites is 2. The molecule has 0 radical (unpaired) electrons. The molecular formula is C71H48N2O. The van der Waals surface area contributed by atoms with Gasteiger partial charge in [-0.2, -0.15) is 0 Å². The summed E-state index contributed by atoms with van der Waals surface area (Å²) in [4.78, 5) is 2.45. The summed E-state index contributed by atoms with van der Waals surface area (Å²) in [5, 5.41) is 7.20. The van der Waals surface area contributed by atoms with Crippen molar-refractivity contribution in [2.75, 3.05) is 4.90 Å². The Hall–Kier alpha value is -9.70. The van der Waals surface area contributed by atoms with Gasteiger partial charge in [-0.3, -0.25) is 0 Å². The predicted octanol–water partition coefficient (Wildman–Crippen LogP) is 19.5.